The zero-order chi connectivity index (χ0) is 27.0. The first-order chi connectivity index (χ1) is 16.3. The number of carbonyl (C=O) groups is 4. The summed E-state index contributed by atoms with van der Waals surface area (Å²) in [6, 6.07) is -2.11. The molecule has 0 saturated carbocycles. The maximum atomic E-state index is 13.0. The molecule has 0 heterocycles. The fraction of sp³-hybridized carbons (Fsp3) is 0.833. The van der Waals surface area contributed by atoms with Gasteiger partial charge in [0.2, 0.25) is 11.8 Å². The number of halogens is 2. The first-order valence-electron chi connectivity index (χ1n) is 12.2. The summed E-state index contributed by atoms with van der Waals surface area (Å²) < 4.78 is 5.70. The van der Waals surface area contributed by atoms with Crippen molar-refractivity contribution in [3.8, 4) is 0 Å². The number of Topliss-reactive ketones (excluding diaryl/α,β-unsaturated/α-hetero) is 1. The predicted molar refractivity (Wildman–Crippen MR) is 146 cm³/mol. The van der Waals surface area contributed by atoms with E-state index in [2.05, 4.69) is 47.8 Å². The summed E-state index contributed by atoms with van der Waals surface area (Å²) in [7, 11) is 0. The van der Waals surface area contributed by atoms with E-state index >= 15 is 0 Å². The number of carbonyl (C=O) groups excluding carboxylic acids is 4. The van der Waals surface area contributed by atoms with Crippen LogP contribution >= 0.6 is 31.9 Å². The molecule has 11 heteroatoms. The molecule has 0 aromatic carbocycles. The van der Waals surface area contributed by atoms with E-state index in [1.54, 1.807) is 20.8 Å². The van der Waals surface area contributed by atoms with Gasteiger partial charge in [0.25, 0.3) is 0 Å². The zero-order valence-corrected chi connectivity index (χ0v) is 24.9. The van der Waals surface area contributed by atoms with Gasteiger partial charge in [0.1, 0.15) is 6.04 Å². The molecule has 0 saturated heterocycles. The average molecular weight is 628 g/mol. The number of urea groups is 1. The molecule has 0 aliphatic heterocycles. The standard InChI is InChI=1S/C24H44Br2N4O5/c1-16(2)20(30-19(31)11-7-6-8-13-35-17(14-25)15-26)22(33)29-18(21(32)24(3,4)5)10-9-12-28-23(27)34/h16-18,20H,6-15H2,1-5H3,(H,29,33)(H,30,31)(H3,27,28,34)/t18-,20-/m0/s1. The molecule has 4 amide bonds. The maximum absolute atomic E-state index is 13.0. The van der Waals surface area contributed by atoms with Gasteiger partial charge in [0.15, 0.2) is 5.78 Å². The highest BCUT2D eigenvalue weighted by atomic mass is 79.9. The summed E-state index contributed by atoms with van der Waals surface area (Å²) in [5.74, 6) is -0.839. The fourth-order valence-electron chi connectivity index (χ4n) is 3.30. The van der Waals surface area contributed by atoms with E-state index in [4.69, 9.17) is 10.5 Å². The van der Waals surface area contributed by atoms with Crippen molar-refractivity contribution in [2.75, 3.05) is 23.8 Å². The number of unbranched alkanes of at least 4 members (excludes halogenated alkanes) is 2. The molecule has 0 radical (unpaired) electrons. The van der Waals surface area contributed by atoms with Crippen molar-refractivity contribution in [3.63, 3.8) is 0 Å². The van der Waals surface area contributed by atoms with Gasteiger partial charge < -0.3 is 26.4 Å². The normalized spacial score (nSPS) is 13.4. The Morgan fingerprint density at radius 1 is 0.943 bits per heavy atom. The third kappa shape index (κ3) is 15.5. The summed E-state index contributed by atoms with van der Waals surface area (Å²) >= 11 is 6.80. The molecule has 0 aromatic heterocycles. The number of amides is 4. The molecular weight excluding hydrogens is 584 g/mol. The molecule has 0 fully saturated rings. The lowest BCUT2D eigenvalue weighted by Gasteiger charge is -2.28. The van der Waals surface area contributed by atoms with Gasteiger partial charge in [0.05, 0.1) is 12.1 Å². The monoisotopic (exact) mass is 626 g/mol. The van der Waals surface area contributed by atoms with Gasteiger partial charge in [-0.3, -0.25) is 14.4 Å². The second-order valence-electron chi connectivity index (χ2n) is 10.0. The van der Waals surface area contributed by atoms with Crippen molar-refractivity contribution in [2.24, 2.45) is 17.1 Å². The topological polar surface area (TPSA) is 140 Å². The number of nitrogens with two attached hydrogens (primary N) is 1. The molecule has 35 heavy (non-hydrogen) atoms. The maximum Gasteiger partial charge on any atom is 0.312 e. The molecular formula is C24H44Br2N4O5. The Bertz CT molecular complexity index is 667. The SMILES string of the molecule is CC(C)[C@H](NC(=O)CCCCCOC(CBr)CBr)C(=O)N[C@@H](CCCNC(N)=O)C(=O)C(C)(C)C. The zero-order valence-electron chi connectivity index (χ0n) is 21.8. The van der Waals surface area contributed by atoms with Gasteiger partial charge in [-0.2, -0.15) is 0 Å². The van der Waals surface area contributed by atoms with Gasteiger partial charge in [-0.1, -0.05) is 72.9 Å². The van der Waals surface area contributed by atoms with Gasteiger partial charge in [-0.05, 0) is 31.6 Å². The number of rotatable bonds is 18. The van der Waals surface area contributed by atoms with E-state index in [0.717, 1.165) is 23.5 Å². The molecule has 0 unspecified atom stereocenters. The van der Waals surface area contributed by atoms with Crippen LogP contribution in [-0.2, 0) is 19.1 Å². The first-order valence-corrected chi connectivity index (χ1v) is 14.5. The summed E-state index contributed by atoms with van der Waals surface area (Å²) in [5, 5.41) is 9.69. The molecule has 0 aromatic rings. The van der Waals surface area contributed by atoms with Crippen molar-refractivity contribution in [3.05, 3.63) is 0 Å². The summed E-state index contributed by atoms with van der Waals surface area (Å²) in [6.07, 6.45) is 3.70. The van der Waals surface area contributed by atoms with E-state index in [0.29, 0.717) is 38.8 Å². The summed E-state index contributed by atoms with van der Waals surface area (Å²) in [5.41, 5.74) is 4.43. The highest BCUT2D eigenvalue weighted by Crippen LogP contribution is 2.19. The van der Waals surface area contributed by atoms with Crippen LogP contribution in [0.5, 0.6) is 0 Å². The van der Waals surface area contributed by atoms with Crippen LogP contribution in [0.4, 0.5) is 4.79 Å². The van der Waals surface area contributed by atoms with E-state index in [1.807, 2.05) is 13.8 Å². The minimum absolute atomic E-state index is 0.108. The second kappa shape index (κ2) is 18.1. The third-order valence-corrected chi connectivity index (χ3v) is 6.80. The van der Waals surface area contributed by atoms with E-state index in [1.165, 1.54) is 0 Å². The Morgan fingerprint density at radius 2 is 1.57 bits per heavy atom. The van der Waals surface area contributed by atoms with Crippen LogP contribution in [-0.4, -0.2) is 65.6 Å². The molecule has 2 atom stereocenters. The molecule has 0 aliphatic carbocycles. The smallest absolute Gasteiger partial charge is 0.312 e. The minimum atomic E-state index is -0.747. The summed E-state index contributed by atoms with van der Waals surface area (Å²) in [6.45, 7) is 10.0. The van der Waals surface area contributed by atoms with Crippen molar-refractivity contribution >= 4 is 55.5 Å². The van der Waals surface area contributed by atoms with Crippen molar-refractivity contribution in [1.82, 2.24) is 16.0 Å². The van der Waals surface area contributed by atoms with Crippen molar-refractivity contribution in [1.29, 1.82) is 0 Å². The fourth-order valence-corrected chi connectivity index (χ4v) is 4.74. The Balaban J connectivity index is 4.81. The quantitative estimate of drug-likeness (QED) is 0.136. The second-order valence-corrected chi connectivity index (χ2v) is 11.3. The number of ketones is 1. The van der Waals surface area contributed by atoms with Crippen LogP contribution in [0, 0.1) is 11.3 Å². The molecule has 0 aliphatic rings. The van der Waals surface area contributed by atoms with Crippen molar-refractivity contribution in [2.45, 2.75) is 91.3 Å². The van der Waals surface area contributed by atoms with Gasteiger partial charge in [-0.15, -0.1) is 0 Å². The van der Waals surface area contributed by atoms with Crippen LogP contribution in [0.15, 0.2) is 0 Å². The molecule has 9 nitrogen and oxygen atoms in total. The lowest BCUT2D eigenvalue weighted by molar-refractivity contribution is -0.135. The van der Waals surface area contributed by atoms with E-state index < -0.39 is 23.5 Å². The number of nitrogens with one attached hydrogen (secondary N) is 3. The molecule has 204 valence electrons. The highest BCUT2D eigenvalue weighted by molar-refractivity contribution is 9.09. The predicted octanol–water partition coefficient (Wildman–Crippen LogP) is 3.41. The molecule has 5 N–H and O–H groups in total. The first kappa shape index (κ1) is 33.8. The highest BCUT2D eigenvalue weighted by Gasteiger charge is 2.33. The van der Waals surface area contributed by atoms with Crippen molar-refractivity contribution < 1.29 is 23.9 Å². The van der Waals surface area contributed by atoms with Crippen LogP contribution < -0.4 is 21.7 Å². The van der Waals surface area contributed by atoms with Crippen LogP contribution in [0.2, 0.25) is 0 Å². The van der Waals surface area contributed by atoms with Gasteiger partial charge in [-0.25, -0.2) is 4.79 Å². The van der Waals surface area contributed by atoms with Crippen LogP contribution in [0.1, 0.15) is 73.1 Å². The molecule has 0 bridgehead atoms. The Kier molecular flexibility index (Phi) is 17.5. The Labute approximate surface area is 227 Å². The Hall–Kier alpha value is -1.20. The van der Waals surface area contributed by atoms with Gasteiger partial charge >= 0.3 is 6.03 Å². The Morgan fingerprint density at radius 3 is 2.09 bits per heavy atom. The lowest BCUT2D eigenvalue weighted by atomic mass is 9.84. The molecule has 0 rings (SSSR count). The average Bonchev–Trinajstić information content (AvgIpc) is 2.77. The van der Waals surface area contributed by atoms with Crippen LogP contribution in [0.25, 0.3) is 0 Å². The largest absolute Gasteiger partial charge is 0.376 e. The number of ether oxygens (including phenoxy) is 1. The van der Waals surface area contributed by atoms with E-state index in [-0.39, 0.29) is 29.6 Å². The third-order valence-electron chi connectivity index (χ3n) is 5.35. The van der Waals surface area contributed by atoms with Gasteiger partial charge in [0, 0.05) is 35.6 Å². The summed E-state index contributed by atoms with van der Waals surface area (Å²) in [4.78, 5) is 49.3. The molecule has 0 spiro atoms. The number of primary amides is 1. The number of hydrogen-bond donors (Lipinski definition) is 4. The van der Waals surface area contributed by atoms with Crippen LogP contribution in [0.3, 0.4) is 0 Å². The number of hydrogen-bond acceptors (Lipinski definition) is 5. The van der Waals surface area contributed by atoms with E-state index in [9.17, 15) is 19.2 Å². The lowest BCUT2D eigenvalue weighted by Crippen LogP contribution is -2.55. The number of alkyl halides is 2. The minimum Gasteiger partial charge on any atom is -0.376 e.